The number of hydrogen-bond acceptors (Lipinski definition) is 8. The molecule has 8 nitrogen and oxygen atoms in total. The number of alkyl halides is 6. The van der Waals surface area contributed by atoms with Crippen LogP contribution in [-0.2, 0) is 19.1 Å². The molecule has 1 fully saturated rings. The SMILES string of the molecule is CCOC(=O)[C@@H]1C(c2ccc(C#N)cc2)[C@H](C(=O)OCC)[C@@](O)(C(F)(F)F)N[C@]1(O)C(F)(F)F. The van der Waals surface area contributed by atoms with Crippen LogP contribution in [0.2, 0.25) is 0 Å². The van der Waals surface area contributed by atoms with E-state index in [9.17, 15) is 46.1 Å². The van der Waals surface area contributed by atoms with E-state index in [4.69, 9.17) is 5.26 Å². The Balaban J connectivity index is 2.97. The first kappa shape index (κ1) is 27.4. The van der Waals surface area contributed by atoms with E-state index < -0.39 is 72.3 Å². The number of carbonyl (C=O) groups is 2. The number of nitrogens with one attached hydrogen (secondary N) is 1. The van der Waals surface area contributed by atoms with Crippen LogP contribution in [0.5, 0.6) is 0 Å². The van der Waals surface area contributed by atoms with Crippen molar-refractivity contribution in [2.75, 3.05) is 13.2 Å². The first-order chi connectivity index (χ1) is 15.6. The number of nitriles is 1. The van der Waals surface area contributed by atoms with E-state index in [0.29, 0.717) is 5.32 Å². The zero-order valence-corrected chi connectivity index (χ0v) is 17.7. The maximum absolute atomic E-state index is 14.0. The van der Waals surface area contributed by atoms with Gasteiger partial charge in [0, 0.05) is 5.92 Å². The summed E-state index contributed by atoms with van der Waals surface area (Å²) in [6.45, 7) is 1.37. The third-order valence-corrected chi connectivity index (χ3v) is 5.37. The van der Waals surface area contributed by atoms with E-state index in [-0.39, 0.29) is 5.56 Å². The van der Waals surface area contributed by atoms with Gasteiger partial charge >= 0.3 is 24.3 Å². The van der Waals surface area contributed by atoms with Gasteiger partial charge in [-0.05, 0) is 31.5 Å². The lowest BCUT2D eigenvalue weighted by atomic mass is 9.64. The third kappa shape index (κ3) is 4.55. The van der Waals surface area contributed by atoms with Crippen molar-refractivity contribution >= 4 is 11.9 Å². The van der Waals surface area contributed by atoms with Crippen LogP contribution < -0.4 is 5.32 Å². The lowest BCUT2D eigenvalue weighted by Crippen LogP contribution is -2.81. The predicted octanol–water partition coefficient (Wildman–Crippen LogP) is 2.11. The molecular formula is C20H20F6N2O6. The van der Waals surface area contributed by atoms with Crippen LogP contribution in [0.4, 0.5) is 26.3 Å². The lowest BCUT2D eigenvalue weighted by molar-refractivity contribution is -0.376. The van der Waals surface area contributed by atoms with Crippen molar-refractivity contribution < 1.29 is 55.6 Å². The highest BCUT2D eigenvalue weighted by Crippen LogP contribution is 2.55. The van der Waals surface area contributed by atoms with E-state index in [2.05, 4.69) is 9.47 Å². The highest BCUT2D eigenvalue weighted by atomic mass is 19.4. The van der Waals surface area contributed by atoms with Gasteiger partial charge in [0.1, 0.15) is 11.8 Å². The monoisotopic (exact) mass is 498 g/mol. The van der Waals surface area contributed by atoms with Gasteiger partial charge in [0.2, 0.25) is 11.4 Å². The van der Waals surface area contributed by atoms with Crippen LogP contribution in [0.25, 0.3) is 0 Å². The standard InChI is InChI=1S/C20H20F6N2O6/c1-3-33-15(29)13-12(11-7-5-10(9-27)6-8-11)14(16(30)34-4-2)18(32,20(24,25)26)28-17(13,31)19(21,22)23/h5-8,12-14,28,31-32H,3-4H2,1-2H3/t12?,13-,14+,17-,18-/m1/s1. The Morgan fingerprint density at radius 1 is 0.941 bits per heavy atom. The van der Waals surface area contributed by atoms with Crippen molar-refractivity contribution in [3.05, 3.63) is 35.4 Å². The Bertz CT molecular complexity index is 912. The van der Waals surface area contributed by atoms with Crippen LogP contribution in [0.15, 0.2) is 24.3 Å². The zero-order valence-electron chi connectivity index (χ0n) is 17.7. The molecule has 5 atom stereocenters. The number of rotatable bonds is 5. The molecule has 0 aliphatic carbocycles. The summed E-state index contributed by atoms with van der Waals surface area (Å²) in [4.78, 5) is 25.3. The Kier molecular flexibility index (Phi) is 7.56. The number of benzene rings is 1. The lowest BCUT2D eigenvalue weighted by Gasteiger charge is -2.54. The molecule has 14 heteroatoms. The maximum atomic E-state index is 14.0. The number of esters is 2. The molecular weight excluding hydrogens is 478 g/mol. The summed E-state index contributed by atoms with van der Waals surface area (Å²) in [6, 6.07) is 5.53. The normalized spacial score (nSPS) is 29.7. The quantitative estimate of drug-likeness (QED) is 0.416. The highest BCUT2D eigenvalue weighted by Gasteiger charge is 2.78. The summed E-state index contributed by atoms with van der Waals surface area (Å²) in [5, 5.41) is 30.7. The van der Waals surface area contributed by atoms with Gasteiger partial charge in [-0.3, -0.25) is 9.59 Å². The van der Waals surface area contributed by atoms with Gasteiger partial charge in [0.15, 0.2) is 0 Å². The highest BCUT2D eigenvalue weighted by molar-refractivity contribution is 5.81. The van der Waals surface area contributed by atoms with Crippen molar-refractivity contribution in [3.63, 3.8) is 0 Å². The molecule has 1 saturated heterocycles. The molecule has 1 aliphatic rings. The van der Waals surface area contributed by atoms with Crippen molar-refractivity contribution in [1.29, 1.82) is 5.26 Å². The first-order valence-electron chi connectivity index (χ1n) is 9.79. The summed E-state index contributed by atoms with van der Waals surface area (Å²) >= 11 is 0. The minimum Gasteiger partial charge on any atom is -0.466 e. The van der Waals surface area contributed by atoms with Crippen LogP contribution in [-0.4, -0.2) is 59.2 Å². The molecule has 1 heterocycles. The molecule has 0 aromatic heterocycles. The minimum atomic E-state index is -5.96. The molecule has 3 N–H and O–H groups in total. The molecule has 0 spiro atoms. The van der Waals surface area contributed by atoms with Crippen LogP contribution in [0.3, 0.4) is 0 Å². The summed E-state index contributed by atoms with van der Waals surface area (Å²) < 4.78 is 93.4. The van der Waals surface area contributed by atoms with Crippen LogP contribution in [0, 0.1) is 23.2 Å². The Hall–Kier alpha value is -2.89. The van der Waals surface area contributed by atoms with Gasteiger partial charge in [-0.1, -0.05) is 12.1 Å². The second-order valence-electron chi connectivity index (χ2n) is 7.37. The molecule has 0 radical (unpaired) electrons. The number of nitrogens with zero attached hydrogens (tertiary/aromatic N) is 1. The smallest absolute Gasteiger partial charge is 0.432 e. The number of aliphatic hydroxyl groups is 2. The number of halogens is 6. The van der Waals surface area contributed by atoms with Gasteiger partial charge in [-0.15, -0.1) is 0 Å². The van der Waals surface area contributed by atoms with E-state index in [0.717, 1.165) is 24.3 Å². The van der Waals surface area contributed by atoms with Gasteiger partial charge in [0.25, 0.3) is 0 Å². The predicted molar refractivity (Wildman–Crippen MR) is 99.3 cm³/mol. The van der Waals surface area contributed by atoms with E-state index in [1.54, 1.807) is 6.07 Å². The number of piperidine rings is 1. The summed E-state index contributed by atoms with van der Waals surface area (Å²) in [5.41, 5.74) is -9.92. The zero-order chi connectivity index (χ0) is 26.1. The molecule has 188 valence electrons. The van der Waals surface area contributed by atoms with Gasteiger partial charge in [0.05, 0.1) is 24.8 Å². The minimum absolute atomic E-state index is 0.0461. The fraction of sp³-hybridized carbons (Fsp3) is 0.550. The van der Waals surface area contributed by atoms with Gasteiger partial charge < -0.3 is 19.7 Å². The maximum Gasteiger partial charge on any atom is 0.432 e. The van der Waals surface area contributed by atoms with E-state index in [1.165, 1.54) is 13.8 Å². The molecule has 0 amide bonds. The molecule has 0 saturated carbocycles. The molecule has 1 aromatic carbocycles. The number of hydrogen-bond donors (Lipinski definition) is 3. The van der Waals surface area contributed by atoms with Crippen molar-refractivity contribution in [1.82, 2.24) is 5.32 Å². The number of carbonyl (C=O) groups excluding carboxylic acids is 2. The van der Waals surface area contributed by atoms with Crippen molar-refractivity contribution in [2.24, 2.45) is 11.8 Å². The van der Waals surface area contributed by atoms with Gasteiger partial charge in [-0.2, -0.15) is 31.6 Å². The topological polar surface area (TPSA) is 129 Å². The van der Waals surface area contributed by atoms with Crippen molar-refractivity contribution in [3.8, 4) is 6.07 Å². The third-order valence-electron chi connectivity index (χ3n) is 5.37. The number of ether oxygens (including phenoxy) is 2. The molecule has 0 bridgehead atoms. The second-order valence-corrected chi connectivity index (χ2v) is 7.37. The van der Waals surface area contributed by atoms with Gasteiger partial charge in [-0.25, -0.2) is 5.32 Å². The van der Waals surface area contributed by atoms with E-state index in [1.807, 2.05) is 0 Å². The fourth-order valence-corrected chi connectivity index (χ4v) is 3.92. The summed E-state index contributed by atoms with van der Waals surface area (Å²) in [7, 11) is 0. The second kappa shape index (κ2) is 9.40. The van der Waals surface area contributed by atoms with Crippen LogP contribution >= 0.6 is 0 Å². The molecule has 1 unspecified atom stereocenters. The molecule has 1 aliphatic heterocycles. The van der Waals surface area contributed by atoms with E-state index >= 15 is 0 Å². The summed E-state index contributed by atoms with van der Waals surface area (Å²) in [6.07, 6.45) is -11.9. The summed E-state index contributed by atoms with van der Waals surface area (Å²) in [5.74, 6) is -11.8. The first-order valence-corrected chi connectivity index (χ1v) is 9.79. The average molecular weight is 498 g/mol. The Morgan fingerprint density at radius 2 is 1.32 bits per heavy atom. The van der Waals surface area contributed by atoms with Crippen molar-refractivity contribution in [2.45, 2.75) is 43.6 Å². The Labute approximate surface area is 189 Å². The average Bonchev–Trinajstić information content (AvgIpc) is 2.72. The molecule has 2 rings (SSSR count). The Morgan fingerprint density at radius 3 is 1.62 bits per heavy atom. The molecule has 1 aromatic rings. The van der Waals surface area contributed by atoms with Crippen LogP contribution in [0.1, 0.15) is 30.9 Å². The fourth-order valence-electron chi connectivity index (χ4n) is 3.92. The largest absolute Gasteiger partial charge is 0.466 e. The molecule has 34 heavy (non-hydrogen) atoms.